The SMILES string of the molecule is Cc1c(NC2CCN(C)C2)cccc1C(N)=O. The summed E-state index contributed by atoms with van der Waals surface area (Å²) < 4.78 is 0. The lowest BCUT2D eigenvalue weighted by atomic mass is 10.1. The number of amides is 1. The van der Waals surface area contributed by atoms with Crippen LogP contribution in [-0.4, -0.2) is 37.0 Å². The van der Waals surface area contributed by atoms with Crippen LogP contribution in [0.1, 0.15) is 22.3 Å². The lowest BCUT2D eigenvalue weighted by Gasteiger charge is -2.17. The van der Waals surface area contributed by atoms with E-state index in [-0.39, 0.29) is 5.91 Å². The Morgan fingerprint density at radius 3 is 2.88 bits per heavy atom. The van der Waals surface area contributed by atoms with Gasteiger partial charge in [0, 0.05) is 23.8 Å². The zero-order valence-corrected chi connectivity index (χ0v) is 10.4. The van der Waals surface area contributed by atoms with Crippen LogP contribution in [0.4, 0.5) is 5.69 Å². The molecular weight excluding hydrogens is 214 g/mol. The van der Waals surface area contributed by atoms with E-state index in [1.54, 1.807) is 6.07 Å². The van der Waals surface area contributed by atoms with E-state index in [9.17, 15) is 4.79 Å². The fourth-order valence-corrected chi connectivity index (χ4v) is 2.33. The first kappa shape index (κ1) is 11.9. The van der Waals surface area contributed by atoms with Crippen molar-refractivity contribution in [3.63, 3.8) is 0 Å². The number of carbonyl (C=O) groups excluding carboxylic acids is 1. The average Bonchev–Trinajstić information content (AvgIpc) is 2.67. The number of rotatable bonds is 3. The summed E-state index contributed by atoms with van der Waals surface area (Å²) in [5.74, 6) is -0.366. The van der Waals surface area contributed by atoms with Gasteiger partial charge >= 0.3 is 0 Å². The van der Waals surface area contributed by atoms with Crippen LogP contribution in [0.2, 0.25) is 0 Å². The summed E-state index contributed by atoms with van der Waals surface area (Å²) in [6.45, 7) is 4.09. The van der Waals surface area contributed by atoms with Crippen LogP contribution < -0.4 is 11.1 Å². The molecule has 0 saturated carbocycles. The van der Waals surface area contributed by atoms with Crippen LogP contribution >= 0.6 is 0 Å². The van der Waals surface area contributed by atoms with Gasteiger partial charge in [-0.3, -0.25) is 4.79 Å². The van der Waals surface area contributed by atoms with Crippen LogP contribution in [0.5, 0.6) is 0 Å². The maximum atomic E-state index is 11.2. The van der Waals surface area contributed by atoms with E-state index >= 15 is 0 Å². The van der Waals surface area contributed by atoms with Gasteiger partial charge in [0.15, 0.2) is 0 Å². The molecule has 0 aromatic heterocycles. The maximum absolute atomic E-state index is 11.2. The van der Waals surface area contributed by atoms with Crippen molar-refractivity contribution in [3.05, 3.63) is 29.3 Å². The van der Waals surface area contributed by atoms with Crippen LogP contribution in [0, 0.1) is 6.92 Å². The Labute approximate surface area is 102 Å². The van der Waals surface area contributed by atoms with Crippen LogP contribution in [0.15, 0.2) is 18.2 Å². The molecule has 0 bridgehead atoms. The molecule has 0 spiro atoms. The third-order valence-electron chi connectivity index (χ3n) is 3.35. The topological polar surface area (TPSA) is 58.4 Å². The highest BCUT2D eigenvalue weighted by atomic mass is 16.1. The van der Waals surface area contributed by atoms with E-state index < -0.39 is 0 Å². The second-order valence-electron chi connectivity index (χ2n) is 4.73. The second kappa shape index (κ2) is 4.75. The molecule has 1 aliphatic heterocycles. The number of nitrogens with two attached hydrogens (primary N) is 1. The first-order valence-electron chi connectivity index (χ1n) is 5.92. The molecule has 1 aliphatic rings. The number of nitrogens with zero attached hydrogens (tertiary/aromatic N) is 1. The zero-order valence-electron chi connectivity index (χ0n) is 10.4. The predicted molar refractivity (Wildman–Crippen MR) is 69.2 cm³/mol. The molecule has 17 heavy (non-hydrogen) atoms. The minimum Gasteiger partial charge on any atom is -0.381 e. The number of carbonyl (C=O) groups is 1. The molecule has 1 amide bonds. The molecule has 1 saturated heterocycles. The summed E-state index contributed by atoms with van der Waals surface area (Å²) in [7, 11) is 2.12. The van der Waals surface area contributed by atoms with Crippen LogP contribution in [-0.2, 0) is 0 Å². The van der Waals surface area contributed by atoms with Gasteiger partial charge in [-0.05, 0) is 44.6 Å². The number of anilines is 1. The van der Waals surface area contributed by atoms with Gasteiger partial charge in [-0.1, -0.05) is 6.07 Å². The van der Waals surface area contributed by atoms with Crippen molar-refractivity contribution in [2.45, 2.75) is 19.4 Å². The first-order chi connectivity index (χ1) is 8.08. The van der Waals surface area contributed by atoms with Crippen molar-refractivity contribution < 1.29 is 4.79 Å². The summed E-state index contributed by atoms with van der Waals surface area (Å²) in [6.07, 6.45) is 1.14. The van der Waals surface area contributed by atoms with Crippen LogP contribution in [0.25, 0.3) is 0 Å². The molecule has 1 aromatic carbocycles. The molecule has 0 radical (unpaired) electrons. The first-order valence-corrected chi connectivity index (χ1v) is 5.92. The van der Waals surface area contributed by atoms with Gasteiger partial charge in [0.2, 0.25) is 5.91 Å². The molecule has 1 atom stereocenters. The van der Waals surface area contributed by atoms with Crippen molar-refractivity contribution >= 4 is 11.6 Å². The molecule has 1 fully saturated rings. The van der Waals surface area contributed by atoms with Gasteiger partial charge in [0.05, 0.1) is 0 Å². The van der Waals surface area contributed by atoms with Gasteiger partial charge in [-0.15, -0.1) is 0 Å². The molecule has 3 N–H and O–H groups in total. The number of primary amides is 1. The quantitative estimate of drug-likeness (QED) is 0.825. The minimum atomic E-state index is -0.366. The van der Waals surface area contributed by atoms with E-state index in [0.29, 0.717) is 11.6 Å². The number of nitrogens with one attached hydrogen (secondary N) is 1. The largest absolute Gasteiger partial charge is 0.381 e. The minimum absolute atomic E-state index is 0.366. The summed E-state index contributed by atoms with van der Waals surface area (Å²) in [4.78, 5) is 13.5. The van der Waals surface area contributed by atoms with E-state index in [4.69, 9.17) is 5.73 Å². The van der Waals surface area contributed by atoms with E-state index in [1.807, 2.05) is 19.1 Å². The highest BCUT2D eigenvalue weighted by Gasteiger charge is 2.20. The van der Waals surface area contributed by atoms with Crippen molar-refractivity contribution in [1.29, 1.82) is 0 Å². The monoisotopic (exact) mass is 233 g/mol. The number of likely N-dealkylation sites (tertiary alicyclic amines) is 1. The normalized spacial score (nSPS) is 20.5. The van der Waals surface area contributed by atoms with Gasteiger partial charge < -0.3 is 16.0 Å². The lowest BCUT2D eigenvalue weighted by Crippen LogP contribution is -2.24. The van der Waals surface area contributed by atoms with Crippen molar-refractivity contribution in [2.75, 3.05) is 25.5 Å². The van der Waals surface area contributed by atoms with Crippen molar-refractivity contribution in [1.82, 2.24) is 4.90 Å². The fourth-order valence-electron chi connectivity index (χ4n) is 2.33. The molecule has 2 rings (SSSR count). The molecular formula is C13H19N3O. The molecule has 1 unspecified atom stereocenters. The van der Waals surface area contributed by atoms with Gasteiger partial charge in [-0.2, -0.15) is 0 Å². The van der Waals surface area contributed by atoms with E-state index in [1.165, 1.54) is 0 Å². The summed E-state index contributed by atoms with van der Waals surface area (Å²) in [6, 6.07) is 6.10. The zero-order chi connectivity index (χ0) is 12.4. The average molecular weight is 233 g/mol. The molecule has 1 aromatic rings. The predicted octanol–water partition coefficient (Wildman–Crippen LogP) is 1.21. The Kier molecular flexibility index (Phi) is 3.33. The molecule has 4 nitrogen and oxygen atoms in total. The molecule has 1 heterocycles. The third-order valence-corrected chi connectivity index (χ3v) is 3.35. The van der Waals surface area contributed by atoms with Gasteiger partial charge in [0.1, 0.15) is 0 Å². The summed E-state index contributed by atoms with van der Waals surface area (Å²) in [5.41, 5.74) is 7.89. The maximum Gasteiger partial charge on any atom is 0.249 e. The number of benzene rings is 1. The molecule has 92 valence electrons. The summed E-state index contributed by atoms with van der Waals surface area (Å²) in [5, 5.41) is 3.49. The number of hydrogen-bond acceptors (Lipinski definition) is 3. The van der Waals surface area contributed by atoms with Gasteiger partial charge in [-0.25, -0.2) is 0 Å². The number of hydrogen-bond donors (Lipinski definition) is 2. The van der Waals surface area contributed by atoms with Crippen molar-refractivity contribution in [2.24, 2.45) is 5.73 Å². The Hall–Kier alpha value is -1.55. The standard InChI is InChI=1S/C13H19N3O/c1-9-11(13(14)17)4-3-5-12(9)15-10-6-7-16(2)8-10/h3-5,10,15H,6-8H2,1-2H3,(H2,14,17). The fraction of sp³-hybridized carbons (Fsp3) is 0.462. The Bertz CT molecular complexity index is 431. The lowest BCUT2D eigenvalue weighted by molar-refractivity contribution is 0.1000. The highest BCUT2D eigenvalue weighted by molar-refractivity contribution is 5.95. The Balaban J connectivity index is 2.16. The van der Waals surface area contributed by atoms with E-state index in [2.05, 4.69) is 17.3 Å². The smallest absolute Gasteiger partial charge is 0.249 e. The van der Waals surface area contributed by atoms with Crippen LogP contribution in [0.3, 0.4) is 0 Å². The summed E-state index contributed by atoms with van der Waals surface area (Å²) >= 11 is 0. The second-order valence-corrected chi connectivity index (χ2v) is 4.73. The Morgan fingerprint density at radius 2 is 2.29 bits per heavy atom. The molecule has 0 aliphatic carbocycles. The molecule has 4 heteroatoms. The Morgan fingerprint density at radius 1 is 1.53 bits per heavy atom. The van der Waals surface area contributed by atoms with Gasteiger partial charge in [0.25, 0.3) is 0 Å². The van der Waals surface area contributed by atoms with E-state index in [0.717, 1.165) is 30.8 Å². The third kappa shape index (κ3) is 2.58. The highest BCUT2D eigenvalue weighted by Crippen LogP contribution is 2.21. The number of likely N-dealkylation sites (N-methyl/N-ethyl adjacent to an activating group) is 1. The van der Waals surface area contributed by atoms with Crippen molar-refractivity contribution in [3.8, 4) is 0 Å².